The van der Waals surface area contributed by atoms with Crippen molar-refractivity contribution in [1.29, 1.82) is 0 Å². The zero-order valence-corrected chi connectivity index (χ0v) is 17.5. The van der Waals surface area contributed by atoms with Crippen molar-refractivity contribution in [2.45, 2.75) is 17.7 Å². The summed E-state index contributed by atoms with van der Waals surface area (Å²) in [6.07, 6.45) is 5.73. The monoisotopic (exact) mass is 428 g/mol. The molecule has 0 saturated carbocycles. The summed E-state index contributed by atoms with van der Waals surface area (Å²) < 4.78 is 16.0. The van der Waals surface area contributed by atoms with Crippen LogP contribution in [0.15, 0.2) is 66.1 Å². The van der Waals surface area contributed by atoms with Gasteiger partial charge in [-0.2, -0.15) is 0 Å². The van der Waals surface area contributed by atoms with E-state index in [1.54, 1.807) is 37.5 Å². The molecule has 6 nitrogen and oxygen atoms in total. The molecule has 1 N–H and O–H groups in total. The Hall–Kier alpha value is -3.19. The lowest BCUT2D eigenvalue weighted by Gasteiger charge is -2.11. The van der Waals surface area contributed by atoms with E-state index in [-0.39, 0.29) is 10.9 Å². The number of phenolic OH excluding ortho intramolecular Hbond substituents is 1. The van der Waals surface area contributed by atoms with Crippen molar-refractivity contribution in [3.8, 4) is 17.2 Å². The molecule has 2 aromatic rings. The molecular formula is C23H24O6S. The number of phenols is 1. The minimum Gasteiger partial charge on any atom is -0.508 e. The van der Waals surface area contributed by atoms with E-state index in [0.29, 0.717) is 31.1 Å². The van der Waals surface area contributed by atoms with Gasteiger partial charge in [-0.05, 0) is 72.6 Å². The Morgan fingerprint density at radius 2 is 1.80 bits per heavy atom. The van der Waals surface area contributed by atoms with Crippen LogP contribution in [0.2, 0.25) is 0 Å². The zero-order valence-electron chi connectivity index (χ0n) is 16.7. The van der Waals surface area contributed by atoms with E-state index in [4.69, 9.17) is 14.2 Å². The number of carbonyl (C=O) groups is 2. The molecule has 0 spiro atoms. The topological polar surface area (TPSA) is 82.1 Å². The first-order valence-electron chi connectivity index (χ1n) is 9.31. The van der Waals surface area contributed by atoms with E-state index >= 15 is 0 Å². The molecule has 0 aromatic heterocycles. The third-order valence-corrected chi connectivity index (χ3v) is 4.71. The molecule has 0 aliphatic rings. The number of ether oxygens (including phenoxy) is 3. The smallest absolute Gasteiger partial charge is 0.330 e. The molecule has 158 valence electrons. The minimum absolute atomic E-state index is 0.128. The van der Waals surface area contributed by atoms with Crippen molar-refractivity contribution in [2.75, 3.05) is 20.3 Å². The average molecular weight is 429 g/mol. The van der Waals surface area contributed by atoms with E-state index in [0.717, 1.165) is 34.7 Å². The highest BCUT2D eigenvalue weighted by atomic mass is 32.2. The molecule has 0 aliphatic heterocycles. The second-order valence-corrected chi connectivity index (χ2v) is 7.16. The number of hydrogen-bond acceptors (Lipinski definition) is 7. The third kappa shape index (κ3) is 8.05. The van der Waals surface area contributed by atoms with E-state index < -0.39 is 5.97 Å². The highest BCUT2D eigenvalue weighted by Gasteiger charge is 2.06. The second-order valence-electron chi connectivity index (χ2n) is 6.09. The molecule has 0 bridgehead atoms. The van der Waals surface area contributed by atoms with Gasteiger partial charge in [0.1, 0.15) is 5.75 Å². The van der Waals surface area contributed by atoms with Crippen LogP contribution in [0, 0.1) is 0 Å². The van der Waals surface area contributed by atoms with Crippen molar-refractivity contribution in [3.63, 3.8) is 0 Å². The molecule has 2 rings (SSSR count). The summed E-state index contributed by atoms with van der Waals surface area (Å²) in [6, 6.07) is 11.9. The molecule has 7 heteroatoms. The van der Waals surface area contributed by atoms with Crippen LogP contribution in [-0.2, 0) is 14.3 Å². The number of hydrogen-bond donors (Lipinski definition) is 1. The number of rotatable bonds is 11. The summed E-state index contributed by atoms with van der Waals surface area (Å²) in [6.45, 7) is 4.12. The zero-order chi connectivity index (χ0) is 21.8. The quantitative estimate of drug-likeness (QED) is 0.242. The maximum absolute atomic E-state index is 12.1. The van der Waals surface area contributed by atoms with E-state index in [1.807, 2.05) is 6.07 Å². The molecule has 2 aromatic carbocycles. The molecule has 0 heterocycles. The maximum atomic E-state index is 12.1. The molecule has 0 radical (unpaired) electrons. The molecule has 0 unspecified atom stereocenters. The van der Waals surface area contributed by atoms with Crippen LogP contribution in [-0.4, -0.2) is 36.5 Å². The van der Waals surface area contributed by atoms with Crippen LogP contribution < -0.4 is 9.47 Å². The third-order valence-electron chi connectivity index (χ3n) is 3.86. The van der Waals surface area contributed by atoms with Crippen LogP contribution in [0.25, 0.3) is 6.08 Å². The molecular weight excluding hydrogens is 404 g/mol. The summed E-state index contributed by atoms with van der Waals surface area (Å²) in [5.74, 6) is 0.894. The lowest BCUT2D eigenvalue weighted by molar-refractivity contribution is -0.137. The number of carbonyl (C=O) groups excluding carboxylic acids is 2. The summed E-state index contributed by atoms with van der Waals surface area (Å²) in [5, 5.41) is 9.16. The fourth-order valence-corrected chi connectivity index (χ4v) is 2.99. The molecule has 0 atom stereocenters. The van der Waals surface area contributed by atoms with Crippen molar-refractivity contribution in [1.82, 2.24) is 0 Å². The highest BCUT2D eigenvalue weighted by molar-refractivity contribution is 8.14. The number of benzene rings is 2. The van der Waals surface area contributed by atoms with E-state index in [2.05, 4.69) is 6.58 Å². The van der Waals surface area contributed by atoms with Crippen molar-refractivity contribution in [3.05, 3.63) is 66.8 Å². The normalized spacial score (nSPS) is 10.6. The molecule has 0 saturated heterocycles. The Morgan fingerprint density at radius 1 is 1.07 bits per heavy atom. The van der Waals surface area contributed by atoms with Gasteiger partial charge in [0, 0.05) is 11.0 Å². The molecule has 0 aliphatic carbocycles. The highest BCUT2D eigenvalue weighted by Crippen LogP contribution is 2.29. The average Bonchev–Trinajstić information content (AvgIpc) is 2.76. The maximum Gasteiger partial charge on any atom is 0.330 e. The lowest BCUT2D eigenvalue weighted by Crippen LogP contribution is -2.05. The SMILES string of the molecule is C=CC(=O)OCCCCOc1ccc(C=CC(=O)Sc2ccc(O)cc2)cc1OC. The molecule has 30 heavy (non-hydrogen) atoms. The van der Waals surface area contributed by atoms with Crippen molar-refractivity contribution < 1.29 is 28.9 Å². The van der Waals surface area contributed by atoms with Gasteiger partial charge in [0.15, 0.2) is 11.5 Å². The van der Waals surface area contributed by atoms with Gasteiger partial charge in [-0.1, -0.05) is 18.7 Å². The van der Waals surface area contributed by atoms with Gasteiger partial charge >= 0.3 is 5.97 Å². The number of thioether (sulfide) groups is 1. The number of esters is 1. The standard InChI is InChI=1S/C23H24O6S/c1-3-22(25)29-15-5-4-14-28-20-12-6-17(16-21(20)27-2)7-13-23(26)30-19-10-8-18(24)9-11-19/h3,6-13,16,24H,1,4-5,14-15H2,2H3. The van der Waals surface area contributed by atoms with Gasteiger partial charge in [-0.15, -0.1) is 0 Å². The van der Waals surface area contributed by atoms with Crippen LogP contribution in [0.3, 0.4) is 0 Å². The van der Waals surface area contributed by atoms with Crippen molar-refractivity contribution >= 4 is 28.9 Å². The largest absolute Gasteiger partial charge is 0.508 e. The summed E-state index contributed by atoms with van der Waals surface area (Å²) >= 11 is 1.08. The minimum atomic E-state index is -0.429. The van der Waals surface area contributed by atoms with Gasteiger partial charge in [-0.3, -0.25) is 4.79 Å². The van der Waals surface area contributed by atoms with Crippen LogP contribution in [0.1, 0.15) is 18.4 Å². The lowest BCUT2D eigenvalue weighted by atomic mass is 10.2. The Bertz CT molecular complexity index is 889. The Labute approximate surface area is 180 Å². The first-order chi connectivity index (χ1) is 14.5. The van der Waals surface area contributed by atoms with Gasteiger partial charge in [0.05, 0.1) is 20.3 Å². The first-order valence-corrected chi connectivity index (χ1v) is 10.1. The predicted molar refractivity (Wildman–Crippen MR) is 117 cm³/mol. The number of unbranched alkanes of at least 4 members (excludes halogenated alkanes) is 1. The predicted octanol–water partition coefficient (Wildman–Crippen LogP) is 4.62. The number of aromatic hydroxyl groups is 1. The van der Waals surface area contributed by atoms with Crippen LogP contribution >= 0.6 is 11.8 Å². The molecule has 0 amide bonds. The molecule has 0 fully saturated rings. The van der Waals surface area contributed by atoms with Gasteiger partial charge in [0.25, 0.3) is 0 Å². The fourth-order valence-electron chi connectivity index (χ4n) is 2.35. The van der Waals surface area contributed by atoms with Gasteiger partial charge < -0.3 is 19.3 Å². The Kier molecular flexibility index (Phi) is 9.54. The van der Waals surface area contributed by atoms with Crippen LogP contribution in [0.4, 0.5) is 0 Å². The first kappa shape index (κ1) is 23.1. The van der Waals surface area contributed by atoms with Crippen LogP contribution in [0.5, 0.6) is 17.2 Å². The fraction of sp³-hybridized carbons (Fsp3) is 0.217. The van der Waals surface area contributed by atoms with Crippen molar-refractivity contribution in [2.24, 2.45) is 0 Å². The number of methoxy groups -OCH3 is 1. The summed E-state index contributed by atoms with van der Waals surface area (Å²) in [5.41, 5.74) is 0.801. The Balaban J connectivity index is 1.84. The summed E-state index contributed by atoms with van der Waals surface area (Å²) in [4.78, 5) is 23.8. The van der Waals surface area contributed by atoms with E-state index in [1.165, 1.54) is 18.2 Å². The second kappa shape index (κ2) is 12.4. The van der Waals surface area contributed by atoms with E-state index in [9.17, 15) is 14.7 Å². The summed E-state index contributed by atoms with van der Waals surface area (Å²) in [7, 11) is 1.55. The van der Waals surface area contributed by atoms with Gasteiger partial charge in [0.2, 0.25) is 5.12 Å². The Morgan fingerprint density at radius 3 is 2.50 bits per heavy atom. The van der Waals surface area contributed by atoms with Gasteiger partial charge in [-0.25, -0.2) is 4.79 Å².